The van der Waals surface area contributed by atoms with Crippen molar-refractivity contribution >= 4 is 29.6 Å². The lowest BCUT2D eigenvalue weighted by atomic mass is 9.81. The minimum Gasteiger partial charge on any atom is -0.454 e. The second kappa shape index (κ2) is 8.33. The third-order valence-corrected chi connectivity index (χ3v) is 5.24. The van der Waals surface area contributed by atoms with Crippen LogP contribution in [0.15, 0.2) is 30.3 Å². The number of ether oxygens (including phenoxy) is 1. The summed E-state index contributed by atoms with van der Waals surface area (Å²) in [6, 6.07) is 7.02. The van der Waals surface area contributed by atoms with Gasteiger partial charge in [0, 0.05) is 5.56 Å². The molecule has 1 saturated carbocycles. The molecule has 4 amide bonds. The van der Waals surface area contributed by atoms with Gasteiger partial charge in [-0.25, -0.2) is 4.79 Å². The van der Waals surface area contributed by atoms with Crippen molar-refractivity contribution in [2.75, 3.05) is 6.61 Å². The van der Waals surface area contributed by atoms with E-state index in [1.165, 1.54) is 6.92 Å². The van der Waals surface area contributed by atoms with E-state index in [2.05, 4.69) is 5.32 Å². The summed E-state index contributed by atoms with van der Waals surface area (Å²) in [5.41, 5.74) is 0.298. The minimum atomic E-state index is -1.11. The van der Waals surface area contributed by atoms with Gasteiger partial charge in [0.2, 0.25) is 11.8 Å². The van der Waals surface area contributed by atoms with Crippen LogP contribution < -0.4 is 5.32 Å². The molecule has 0 radical (unpaired) electrons. The van der Waals surface area contributed by atoms with Crippen LogP contribution in [0.25, 0.3) is 0 Å². The Kier molecular flexibility index (Phi) is 5.87. The SMILES string of the molecule is C[C@@H](C(=O)OCC(=O)NC(=O)c1ccccc1)N1C(=O)[C@@H]2CCCC[C@H]2C1=O. The van der Waals surface area contributed by atoms with Crippen LogP contribution in [-0.4, -0.2) is 47.1 Å². The van der Waals surface area contributed by atoms with Crippen molar-refractivity contribution in [3.05, 3.63) is 35.9 Å². The van der Waals surface area contributed by atoms with Gasteiger partial charge in [0.1, 0.15) is 6.04 Å². The largest absolute Gasteiger partial charge is 0.454 e. The highest BCUT2D eigenvalue weighted by Gasteiger charge is 2.51. The van der Waals surface area contributed by atoms with Gasteiger partial charge in [-0.2, -0.15) is 0 Å². The number of nitrogens with one attached hydrogen (secondary N) is 1. The van der Waals surface area contributed by atoms with Gasteiger partial charge >= 0.3 is 5.97 Å². The third kappa shape index (κ3) is 3.95. The molecule has 8 heteroatoms. The number of carbonyl (C=O) groups excluding carboxylic acids is 5. The van der Waals surface area contributed by atoms with E-state index in [4.69, 9.17) is 4.74 Å². The Labute approximate surface area is 162 Å². The van der Waals surface area contributed by atoms with Gasteiger partial charge in [0.25, 0.3) is 11.8 Å². The molecule has 28 heavy (non-hydrogen) atoms. The second-order valence-electron chi connectivity index (χ2n) is 7.07. The van der Waals surface area contributed by atoms with Crippen molar-refractivity contribution in [3.8, 4) is 0 Å². The van der Waals surface area contributed by atoms with Crippen molar-refractivity contribution in [2.24, 2.45) is 11.8 Å². The van der Waals surface area contributed by atoms with Gasteiger partial charge in [-0.1, -0.05) is 31.0 Å². The number of esters is 1. The van der Waals surface area contributed by atoms with Crippen LogP contribution in [0.5, 0.6) is 0 Å². The number of likely N-dealkylation sites (tertiary alicyclic amines) is 1. The first-order chi connectivity index (χ1) is 13.4. The molecule has 3 rings (SSSR count). The van der Waals surface area contributed by atoms with E-state index >= 15 is 0 Å². The zero-order valence-electron chi connectivity index (χ0n) is 15.6. The zero-order chi connectivity index (χ0) is 20.3. The number of hydrogen-bond donors (Lipinski definition) is 1. The molecule has 148 valence electrons. The molecule has 0 bridgehead atoms. The van der Waals surface area contributed by atoms with Crippen molar-refractivity contribution in [2.45, 2.75) is 38.6 Å². The first-order valence-corrected chi connectivity index (χ1v) is 9.33. The summed E-state index contributed by atoms with van der Waals surface area (Å²) >= 11 is 0. The molecule has 8 nitrogen and oxygen atoms in total. The highest BCUT2D eigenvalue weighted by atomic mass is 16.5. The lowest BCUT2D eigenvalue weighted by Gasteiger charge is -2.21. The summed E-state index contributed by atoms with van der Waals surface area (Å²) in [7, 11) is 0. The van der Waals surface area contributed by atoms with Crippen LogP contribution in [-0.2, 0) is 23.9 Å². The summed E-state index contributed by atoms with van der Waals surface area (Å²) < 4.78 is 4.92. The Bertz CT molecular complexity index is 782. The fraction of sp³-hybridized carbons (Fsp3) is 0.450. The molecule has 1 saturated heterocycles. The molecule has 1 aromatic rings. The summed E-state index contributed by atoms with van der Waals surface area (Å²) in [6.07, 6.45) is 3.08. The molecular weight excluding hydrogens is 364 g/mol. The average molecular weight is 386 g/mol. The van der Waals surface area contributed by atoms with Gasteiger partial charge in [-0.15, -0.1) is 0 Å². The van der Waals surface area contributed by atoms with Crippen LogP contribution in [0, 0.1) is 11.8 Å². The minimum absolute atomic E-state index is 0.298. The third-order valence-electron chi connectivity index (χ3n) is 5.24. The van der Waals surface area contributed by atoms with E-state index in [0.717, 1.165) is 17.7 Å². The van der Waals surface area contributed by atoms with Crippen LogP contribution in [0.1, 0.15) is 43.0 Å². The lowest BCUT2D eigenvalue weighted by Crippen LogP contribution is -2.45. The number of benzene rings is 1. The van der Waals surface area contributed by atoms with Gasteiger partial charge < -0.3 is 4.74 Å². The number of carbonyl (C=O) groups is 5. The molecule has 1 aromatic carbocycles. The Morgan fingerprint density at radius 2 is 1.64 bits per heavy atom. The molecular formula is C20H22N2O6. The normalized spacial score (nSPS) is 22.4. The summed E-state index contributed by atoms with van der Waals surface area (Å²) in [5, 5.41) is 2.12. The predicted octanol–water partition coefficient (Wildman–Crippen LogP) is 1.05. The molecule has 3 atom stereocenters. The fourth-order valence-electron chi connectivity index (χ4n) is 3.76. The van der Waals surface area contributed by atoms with E-state index in [0.29, 0.717) is 18.4 Å². The highest BCUT2D eigenvalue weighted by Crippen LogP contribution is 2.38. The molecule has 0 unspecified atom stereocenters. The molecule has 2 aliphatic rings. The first kappa shape index (κ1) is 19.7. The molecule has 1 N–H and O–H groups in total. The maximum Gasteiger partial charge on any atom is 0.329 e. The van der Waals surface area contributed by atoms with Crippen LogP contribution in [0.4, 0.5) is 0 Å². The van der Waals surface area contributed by atoms with E-state index in [9.17, 15) is 24.0 Å². The number of nitrogens with zero attached hydrogens (tertiary/aromatic N) is 1. The van der Waals surface area contributed by atoms with Crippen molar-refractivity contribution < 1.29 is 28.7 Å². The Morgan fingerprint density at radius 1 is 1.07 bits per heavy atom. The van der Waals surface area contributed by atoms with Gasteiger partial charge in [0.05, 0.1) is 11.8 Å². The highest BCUT2D eigenvalue weighted by molar-refractivity contribution is 6.08. The number of imide groups is 2. The standard InChI is InChI=1S/C20H22N2O6/c1-12(22-18(25)14-9-5-6-10-15(14)19(22)26)20(27)28-11-16(23)21-17(24)13-7-3-2-4-8-13/h2-4,7-8,12,14-15H,5-6,9-11H2,1H3,(H,21,23,24)/t12-,14+,15+/m0/s1. The molecule has 0 aromatic heterocycles. The van der Waals surface area contributed by atoms with E-state index in [-0.39, 0.29) is 23.7 Å². The van der Waals surface area contributed by atoms with E-state index < -0.39 is 30.4 Å². The monoisotopic (exact) mass is 386 g/mol. The quantitative estimate of drug-likeness (QED) is 0.598. The Balaban J connectivity index is 1.53. The van der Waals surface area contributed by atoms with Gasteiger partial charge in [-0.3, -0.25) is 29.4 Å². The van der Waals surface area contributed by atoms with Crippen LogP contribution in [0.3, 0.4) is 0 Å². The topological polar surface area (TPSA) is 110 Å². The summed E-state index contributed by atoms with van der Waals surface area (Å²) in [4.78, 5) is 62.0. The predicted molar refractivity (Wildman–Crippen MR) is 96.6 cm³/mol. The molecule has 1 heterocycles. The van der Waals surface area contributed by atoms with E-state index in [1.54, 1.807) is 30.3 Å². The average Bonchev–Trinajstić information content (AvgIpc) is 2.97. The van der Waals surface area contributed by atoms with Crippen molar-refractivity contribution in [1.82, 2.24) is 10.2 Å². The second-order valence-corrected chi connectivity index (χ2v) is 7.07. The lowest BCUT2D eigenvalue weighted by molar-refractivity contribution is -0.159. The number of fused-ring (bicyclic) bond motifs is 1. The number of hydrogen-bond acceptors (Lipinski definition) is 6. The molecule has 1 aliphatic heterocycles. The maximum absolute atomic E-state index is 12.5. The first-order valence-electron chi connectivity index (χ1n) is 9.33. The molecule has 2 fully saturated rings. The summed E-state index contributed by atoms with van der Waals surface area (Å²) in [5.74, 6) is -3.66. The smallest absolute Gasteiger partial charge is 0.329 e. The fourth-order valence-corrected chi connectivity index (χ4v) is 3.76. The van der Waals surface area contributed by atoms with Crippen LogP contribution in [0.2, 0.25) is 0 Å². The van der Waals surface area contributed by atoms with Gasteiger partial charge in [0.15, 0.2) is 6.61 Å². The summed E-state index contributed by atoms with van der Waals surface area (Å²) in [6.45, 7) is 0.729. The molecule has 1 aliphatic carbocycles. The van der Waals surface area contributed by atoms with Crippen molar-refractivity contribution in [1.29, 1.82) is 0 Å². The van der Waals surface area contributed by atoms with Gasteiger partial charge in [-0.05, 0) is 31.9 Å². The maximum atomic E-state index is 12.5. The van der Waals surface area contributed by atoms with Crippen LogP contribution >= 0.6 is 0 Å². The molecule has 0 spiro atoms. The Hall–Kier alpha value is -3.03. The van der Waals surface area contributed by atoms with Crippen molar-refractivity contribution in [3.63, 3.8) is 0 Å². The number of rotatable bonds is 5. The van der Waals surface area contributed by atoms with E-state index in [1.807, 2.05) is 0 Å². The zero-order valence-corrected chi connectivity index (χ0v) is 15.6. The number of amides is 4. The Morgan fingerprint density at radius 3 is 2.21 bits per heavy atom.